The maximum atomic E-state index is 13.2. The third-order valence-corrected chi connectivity index (χ3v) is 12.1. The summed E-state index contributed by atoms with van der Waals surface area (Å²) in [6, 6.07) is 26.1. The van der Waals surface area contributed by atoms with Crippen LogP contribution < -0.4 is 0 Å². The molecule has 3 aromatic carbocycles. The Morgan fingerprint density at radius 3 is 1.13 bits per heavy atom. The van der Waals surface area contributed by atoms with E-state index < -0.39 is 0 Å². The van der Waals surface area contributed by atoms with Crippen LogP contribution in [0.4, 0.5) is 13.2 Å². The van der Waals surface area contributed by atoms with Crippen LogP contribution in [0.3, 0.4) is 0 Å². The van der Waals surface area contributed by atoms with Gasteiger partial charge in [0.2, 0.25) is 0 Å². The molecule has 3 aliphatic carbocycles. The number of halogens is 3. The van der Waals surface area contributed by atoms with Gasteiger partial charge in [0, 0.05) is 65.8 Å². The van der Waals surface area contributed by atoms with Crippen molar-refractivity contribution in [1.29, 1.82) is 0 Å². The molecule has 3 aliphatic rings. The number of nitrogens with zero attached hydrogens (tertiary/aromatic N) is 3. The third kappa shape index (κ3) is 27.6. The van der Waals surface area contributed by atoms with Crippen LogP contribution in [0, 0.1) is 47.5 Å². The summed E-state index contributed by atoms with van der Waals surface area (Å²) >= 11 is 0. The number of hydrogen-bond acceptors (Lipinski definition) is 9. The van der Waals surface area contributed by atoms with E-state index in [1.807, 2.05) is 36.4 Å². The Labute approximate surface area is 496 Å². The number of hydrogen-bond donors (Lipinski definition) is 6. The summed E-state index contributed by atoms with van der Waals surface area (Å²) in [5, 5.41) is 54.2. The molecule has 429 valence electrons. The average molecular weight is 1600 g/mol. The van der Waals surface area contributed by atoms with Crippen molar-refractivity contribution in [3.63, 3.8) is 0 Å². The summed E-state index contributed by atoms with van der Waals surface area (Å²) in [7, 11) is 0. The van der Waals surface area contributed by atoms with Crippen molar-refractivity contribution in [2.45, 2.75) is 175 Å². The predicted octanol–water partition coefficient (Wildman–Crippen LogP) is 13.3. The van der Waals surface area contributed by atoms with Gasteiger partial charge in [0.1, 0.15) is 17.5 Å². The zero-order valence-corrected chi connectivity index (χ0v) is 52.8. The van der Waals surface area contributed by atoms with Crippen molar-refractivity contribution < 1.29 is 104 Å². The van der Waals surface area contributed by atoms with Crippen LogP contribution in [-0.4, -0.2) is 82.2 Å². The molecule has 77 heavy (non-hydrogen) atoms. The Hall–Kier alpha value is -3.39. The molecule has 0 aliphatic heterocycles. The van der Waals surface area contributed by atoms with Crippen molar-refractivity contribution in [3.05, 3.63) is 144 Å². The maximum Gasteiger partial charge on any atom is 0.125 e. The number of rotatable bonds is 9. The molecule has 3 heterocycles. The van der Waals surface area contributed by atoms with Gasteiger partial charge in [-0.1, -0.05) is 119 Å². The van der Waals surface area contributed by atoms with Gasteiger partial charge >= 0.3 is 0 Å². The van der Waals surface area contributed by atoms with Crippen LogP contribution in [0.15, 0.2) is 91.0 Å². The van der Waals surface area contributed by atoms with E-state index >= 15 is 0 Å². The summed E-state index contributed by atoms with van der Waals surface area (Å²) < 4.78 is 39.5. The van der Waals surface area contributed by atoms with Crippen LogP contribution in [0.25, 0.3) is 49.4 Å². The number of aliphatic hydroxyl groups excluding tert-OH is 6. The minimum absolute atomic E-state index is 0. The van der Waals surface area contributed by atoms with Crippen molar-refractivity contribution >= 4 is 49.4 Å². The minimum Gasteiger partial charge on any atom is -0.393 e. The van der Waals surface area contributed by atoms with Gasteiger partial charge in [-0.3, -0.25) is 18.2 Å². The Morgan fingerprint density at radius 1 is 0.429 bits per heavy atom. The second kappa shape index (κ2) is 37.5. The first-order valence-electron chi connectivity index (χ1n) is 26.3. The largest absolute Gasteiger partial charge is 0.393 e. The van der Waals surface area contributed by atoms with E-state index in [1.54, 1.807) is 59.7 Å². The zero-order valence-electron chi connectivity index (χ0n) is 45.6. The number of benzene rings is 3. The SMILES string of the molecule is CC(O)CC(C)O.CC(O)CC(C)O.CC(O)CC(C)O.CC1[C-]=C(c2ccc3cc(F)ccc3n2)CCC1.CC1[C-]=C(c2ccc3ccc(F)cc3n2)CCC1.Fc1ccc2ccc(C3=[C-]CCCC3)nc2c1.[Ir].[Ir].[Ir]. The standard InChI is InChI=1S/2C16H15FN.C15H13FN.3C5H12O2.3Ir/c1-11-3-2-4-13(9-11)15-8-6-12-5-7-14(17)10-16(12)18-15;1-11-3-2-4-12(9-11)15-7-5-13-10-14(17)6-8-16(13)18-15;16-13-8-6-12-7-9-14(17-15(12)10-13)11-4-2-1-3-5-11;3*1-4(6)3-5(2)7;;;/h2*5-8,10-11H,2-4H2,1H3;6-10H,1-4H2;3*4-7H,3H2,1-2H3;;;/q3*-1;;;;;;. The quantitative estimate of drug-likeness (QED) is 0.0775. The first kappa shape index (κ1) is 71.6. The molecule has 0 saturated heterocycles. The predicted molar refractivity (Wildman–Crippen MR) is 293 cm³/mol. The first-order valence-corrected chi connectivity index (χ1v) is 26.3. The van der Waals surface area contributed by atoms with Crippen molar-refractivity contribution in [2.75, 3.05) is 0 Å². The molecule has 8 unspecified atom stereocenters. The fourth-order valence-electron chi connectivity index (χ4n) is 8.69. The van der Waals surface area contributed by atoms with Gasteiger partial charge in [-0.15, -0.1) is 36.5 Å². The Morgan fingerprint density at radius 2 is 0.766 bits per heavy atom. The van der Waals surface area contributed by atoms with E-state index in [0.29, 0.717) is 31.1 Å². The Kier molecular flexibility index (Phi) is 34.9. The van der Waals surface area contributed by atoms with Crippen molar-refractivity contribution in [2.24, 2.45) is 11.8 Å². The monoisotopic (exact) mass is 1600 g/mol. The Bertz CT molecular complexity index is 2700. The number of allylic oxidation sites excluding steroid dienone is 6. The van der Waals surface area contributed by atoms with Gasteiger partial charge in [-0.2, -0.15) is 16.7 Å². The molecule has 0 bridgehead atoms. The van der Waals surface area contributed by atoms with Gasteiger partial charge < -0.3 is 45.6 Å². The molecule has 15 heteroatoms. The van der Waals surface area contributed by atoms with Gasteiger partial charge in [0.15, 0.2) is 0 Å². The van der Waals surface area contributed by atoms with Gasteiger partial charge in [0.05, 0.1) is 47.7 Å². The van der Waals surface area contributed by atoms with E-state index in [9.17, 15) is 13.2 Å². The van der Waals surface area contributed by atoms with Crippen molar-refractivity contribution in [3.8, 4) is 0 Å². The first-order chi connectivity index (χ1) is 35.1. The van der Waals surface area contributed by atoms with E-state index in [4.69, 9.17) is 30.6 Å². The number of aromatic nitrogens is 3. The molecule has 9 rings (SSSR count). The molecule has 6 aromatic rings. The van der Waals surface area contributed by atoms with Crippen LogP contribution in [0.2, 0.25) is 0 Å². The molecule has 8 atom stereocenters. The van der Waals surface area contributed by atoms with Crippen LogP contribution in [0.5, 0.6) is 0 Å². The molecule has 3 aromatic heterocycles. The summed E-state index contributed by atoms with van der Waals surface area (Å²) in [5.74, 6) is 0.332. The maximum absolute atomic E-state index is 13.2. The smallest absolute Gasteiger partial charge is 0.125 e. The van der Waals surface area contributed by atoms with Crippen LogP contribution in [0.1, 0.15) is 156 Å². The zero-order chi connectivity index (χ0) is 54.3. The van der Waals surface area contributed by atoms with Gasteiger partial charge in [0.25, 0.3) is 0 Å². The fourth-order valence-corrected chi connectivity index (χ4v) is 8.69. The van der Waals surface area contributed by atoms with Crippen molar-refractivity contribution in [1.82, 2.24) is 15.0 Å². The second-order valence-corrected chi connectivity index (χ2v) is 20.1. The third-order valence-electron chi connectivity index (χ3n) is 12.1. The molecule has 0 amide bonds. The normalized spacial score (nSPS) is 18.0. The number of aliphatic hydroxyl groups is 6. The van der Waals surface area contributed by atoms with Gasteiger partial charge in [-0.05, 0) is 119 Å². The topological polar surface area (TPSA) is 160 Å². The second-order valence-electron chi connectivity index (χ2n) is 20.1. The van der Waals surface area contributed by atoms with Crippen LogP contribution in [-0.2, 0) is 60.3 Å². The average Bonchev–Trinajstić information content (AvgIpc) is 3.33. The number of fused-ring (bicyclic) bond motifs is 3. The summed E-state index contributed by atoms with van der Waals surface area (Å²) in [6.45, 7) is 14.3. The molecule has 9 nitrogen and oxygen atoms in total. The summed E-state index contributed by atoms with van der Waals surface area (Å²) in [5.41, 5.74) is 8.74. The van der Waals surface area contributed by atoms with E-state index in [-0.39, 0.29) is 114 Å². The summed E-state index contributed by atoms with van der Waals surface area (Å²) in [6.07, 6.45) is 20.8. The van der Waals surface area contributed by atoms with E-state index in [2.05, 4.69) is 47.0 Å². The van der Waals surface area contributed by atoms with E-state index in [0.717, 1.165) is 75.5 Å². The molecule has 6 N–H and O–H groups in total. The van der Waals surface area contributed by atoms with Crippen LogP contribution >= 0.6 is 0 Å². The number of pyridine rings is 3. The molecule has 0 spiro atoms. The molecule has 3 radical (unpaired) electrons. The van der Waals surface area contributed by atoms with Gasteiger partial charge in [-0.25, -0.2) is 13.2 Å². The molecule has 0 saturated carbocycles. The summed E-state index contributed by atoms with van der Waals surface area (Å²) in [4.78, 5) is 13.7. The Balaban J connectivity index is 0.000000482. The van der Waals surface area contributed by atoms with E-state index in [1.165, 1.54) is 91.6 Å². The molecular weight excluding hydrogens is 1520 g/mol. The molecule has 0 fully saturated rings. The minimum atomic E-state index is -0.375. The molecular formula is C62H79F3Ir3N3O6-3. The fraction of sp³-hybridized carbons (Fsp3) is 0.468.